The number of benzene rings is 2. The van der Waals surface area contributed by atoms with Crippen LogP contribution in [0.1, 0.15) is 11.3 Å². The van der Waals surface area contributed by atoms with E-state index in [4.69, 9.17) is 0 Å². The fourth-order valence-corrected chi connectivity index (χ4v) is 2.79. The minimum atomic E-state index is -0.478. The van der Waals surface area contributed by atoms with Crippen LogP contribution in [0.25, 0.3) is 0 Å². The van der Waals surface area contributed by atoms with Crippen molar-refractivity contribution in [3.63, 3.8) is 0 Å². The average molecular weight is 376 g/mol. The molecular formula is C20H16N4O2S. The van der Waals surface area contributed by atoms with Gasteiger partial charge in [0.05, 0.1) is 4.92 Å². The first-order valence-electron chi connectivity index (χ1n) is 8.06. The second kappa shape index (κ2) is 8.34. The van der Waals surface area contributed by atoms with Gasteiger partial charge in [0.1, 0.15) is 0 Å². The molecule has 0 aliphatic heterocycles. The van der Waals surface area contributed by atoms with Gasteiger partial charge in [-0.15, -0.1) is 0 Å². The van der Waals surface area contributed by atoms with Gasteiger partial charge in [-0.3, -0.25) is 10.1 Å². The fraction of sp³-hybridized carbons (Fsp3) is 0.100. The quantitative estimate of drug-likeness (QED) is 0.223. The molecule has 0 radical (unpaired) electrons. The number of nitro groups is 1. The molecule has 1 aromatic heterocycles. The zero-order valence-electron chi connectivity index (χ0n) is 14.8. The highest BCUT2D eigenvalue weighted by molar-refractivity contribution is 7.98. The first-order chi connectivity index (χ1) is 13.1. The lowest BCUT2D eigenvalue weighted by Gasteiger charge is -2.18. The molecule has 134 valence electrons. The van der Waals surface area contributed by atoms with Crippen molar-refractivity contribution in [2.24, 2.45) is 0 Å². The molecule has 0 fully saturated rings. The molecule has 0 saturated carbocycles. The van der Waals surface area contributed by atoms with E-state index in [2.05, 4.69) is 21.8 Å². The van der Waals surface area contributed by atoms with Crippen LogP contribution in [0.4, 0.5) is 17.2 Å². The second-order valence-electron chi connectivity index (χ2n) is 5.50. The molecule has 1 heterocycles. The summed E-state index contributed by atoms with van der Waals surface area (Å²) >= 11 is 1.31. The van der Waals surface area contributed by atoms with Gasteiger partial charge in [0.25, 0.3) is 0 Å². The van der Waals surface area contributed by atoms with Gasteiger partial charge in [-0.2, -0.15) is 4.98 Å². The van der Waals surface area contributed by atoms with Gasteiger partial charge in [0.15, 0.2) is 10.9 Å². The van der Waals surface area contributed by atoms with E-state index in [-0.39, 0.29) is 17.2 Å². The normalized spacial score (nSPS) is 10.0. The van der Waals surface area contributed by atoms with Crippen LogP contribution in [-0.2, 0) is 0 Å². The molecule has 0 aliphatic carbocycles. The third-order valence-electron chi connectivity index (χ3n) is 3.77. The molecule has 6 nitrogen and oxygen atoms in total. The van der Waals surface area contributed by atoms with Crippen molar-refractivity contribution in [1.29, 1.82) is 0 Å². The SMILES string of the molecule is CSc1nc(C#Cc2ccccc2)c([N+](=O)[O-])c(N(C)c2ccccc2)n1. The van der Waals surface area contributed by atoms with E-state index in [1.54, 1.807) is 11.9 Å². The zero-order valence-corrected chi connectivity index (χ0v) is 15.6. The summed E-state index contributed by atoms with van der Waals surface area (Å²) in [7, 11) is 1.74. The van der Waals surface area contributed by atoms with Crippen LogP contribution in [-0.4, -0.2) is 28.2 Å². The predicted molar refractivity (Wildman–Crippen MR) is 107 cm³/mol. The minimum Gasteiger partial charge on any atom is -0.324 e. The summed E-state index contributed by atoms with van der Waals surface area (Å²) in [5.74, 6) is 6.00. The molecule has 0 aliphatic rings. The summed E-state index contributed by atoms with van der Waals surface area (Å²) in [5, 5.41) is 12.2. The summed E-state index contributed by atoms with van der Waals surface area (Å²) in [6, 6.07) is 18.6. The molecule has 3 aromatic rings. The Morgan fingerprint density at radius 3 is 2.22 bits per heavy atom. The van der Waals surface area contributed by atoms with E-state index in [9.17, 15) is 10.1 Å². The Labute approximate surface area is 161 Å². The van der Waals surface area contributed by atoms with E-state index in [0.29, 0.717) is 5.16 Å². The molecule has 3 rings (SSSR count). The number of hydrogen-bond donors (Lipinski definition) is 0. The lowest BCUT2D eigenvalue weighted by atomic mass is 10.2. The monoisotopic (exact) mass is 376 g/mol. The van der Waals surface area contributed by atoms with Gasteiger partial charge in [-0.25, -0.2) is 4.98 Å². The van der Waals surface area contributed by atoms with Crippen LogP contribution in [0, 0.1) is 22.0 Å². The predicted octanol–water partition coefficient (Wildman–Crippen LogP) is 4.27. The van der Waals surface area contributed by atoms with Gasteiger partial charge in [0, 0.05) is 18.3 Å². The molecule has 0 unspecified atom stereocenters. The van der Waals surface area contributed by atoms with Crippen LogP contribution in [0.5, 0.6) is 0 Å². The molecule has 7 heteroatoms. The van der Waals surface area contributed by atoms with Crippen LogP contribution < -0.4 is 4.90 Å². The van der Waals surface area contributed by atoms with E-state index in [1.165, 1.54) is 11.8 Å². The Kier molecular flexibility index (Phi) is 5.69. The summed E-state index contributed by atoms with van der Waals surface area (Å²) < 4.78 is 0. The number of hydrogen-bond acceptors (Lipinski definition) is 6. The van der Waals surface area contributed by atoms with Gasteiger partial charge >= 0.3 is 5.69 Å². The van der Waals surface area contributed by atoms with Crippen LogP contribution in [0.3, 0.4) is 0 Å². The van der Waals surface area contributed by atoms with E-state index < -0.39 is 4.92 Å². The van der Waals surface area contributed by atoms with Crippen molar-refractivity contribution in [3.8, 4) is 11.8 Å². The highest BCUT2D eigenvalue weighted by Gasteiger charge is 2.27. The Morgan fingerprint density at radius 2 is 1.63 bits per heavy atom. The molecule has 27 heavy (non-hydrogen) atoms. The third kappa shape index (κ3) is 4.25. The topological polar surface area (TPSA) is 72.2 Å². The van der Waals surface area contributed by atoms with Crippen LogP contribution in [0.15, 0.2) is 65.8 Å². The molecule has 0 bridgehead atoms. The molecule has 0 spiro atoms. The first kappa shape index (κ1) is 18.4. The molecule has 0 amide bonds. The lowest BCUT2D eigenvalue weighted by Crippen LogP contribution is -2.15. The van der Waals surface area contributed by atoms with Crippen molar-refractivity contribution < 1.29 is 4.92 Å². The van der Waals surface area contributed by atoms with Crippen LogP contribution >= 0.6 is 11.8 Å². The summed E-state index contributed by atoms with van der Waals surface area (Å²) in [4.78, 5) is 21.7. The number of thioether (sulfide) groups is 1. The van der Waals surface area contributed by atoms with E-state index >= 15 is 0 Å². The Bertz CT molecular complexity index is 1010. The fourth-order valence-electron chi connectivity index (χ4n) is 2.43. The van der Waals surface area contributed by atoms with E-state index in [1.807, 2.05) is 66.9 Å². The zero-order chi connectivity index (χ0) is 19.2. The lowest BCUT2D eigenvalue weighted by molar-refractivity contribution is -0.384. The number of anilines is 2. The molecule has 0 N–H and O–H groups in total. The molecule has 0 atom stereocenters. The maximum atomic E-state index is 11.8. The van der Waals surface area contributed by atoms with Crippen molar-refractivity contribution in [3.05, 3.63) is 82.0 Å². The average Bonchev–Trinajstić information content (AvgIpc) is 2.72. The van der Waals surface area contributed by atoms with Crippen LogP contribution in [0.2, 0.25) is 0 Å². The van der Waals surface area contributed by atoms with Gasteiger partial charge in [-0.1, -0.05) is 54.1 Å². The number of rotatable bonds is 4. The largest absolute Gasteiger partial charge is 0.345 e. The standard InChI is InChI=1S/C20H16N4O2S/c1-23(16-11-7-4-8-12-16)19-18(24(25)26)17(21-20(22-19)27-2)14-13-15-9-5-3-6-10-15/h3-12H,1-2H3. The minimum absolute atomic E-state index is 0.0981. The summed E-state index contributed by atoms with van der Waals surface area (Å²) in [6.07, 6.45) is 1.82. The first-order valence-corrected chi connectivity index (χ1v) is 9.29. The Morgan fingerprint density at radius 1 is 1.00 bits per heavy atom. The number of para-hydroxylation sites is 1. The Hall–Kier alpha value is -3.37. The maximum absolute atomic E-state index is 11.8. The van der Waals surface area contributed by atoms with E-state index in [0.717, 1.165) is 11.3 Å². The van der Waals surface area contributed by atoms with Crippen molar-refractivity contribution in [2.45, 2.75) is 5.16 Å². The third-order valence-corrected chi connectivity index (χ3v) is 4.32. The molecular weight excluding hydrogens is 360 g/mol. The highest BCUT2D eigenvalue weighted by atomic mass is 32.2. The molecule has 0 saturated heterocycles. The molecule has 2 aromatic carbocycles. The maximum Gasteiger partial charge on any atom is 0.345 e. The van der Waals surface area contributed by atoms with Gasteiger partial charge < -0.3 is 4.90 Å². The van der Waals surface area contributed by atoms with Gasteiger partial charge in [0.2, 0.25) is 5.82 Å². The van der Waals surface area contributed by atoms with Crippen molar-refractivity contribution >= 4 is 29.0 Å². The van der Waals surface area contributed by atoms with Crippen molar-refractivity contribution in [1.82, 2.24) is 9.97 Å². The Balaban J connectivity index is 2.16. The van der Waals surface area contributed by atoms with Crippen molar-refractivity contribution in [2.75, 3.05) is 18.2 Å². The number of aromatic nitrogens is 2. The highest BCUT2D eigenvalue weighted by Crippen LogP contribution is 2.33. The smallest absolute Gasteiger partial charge is 0.324 e. The second-order valence-corrected chi connectivity index (χ2v) is 6.27. The summed E-state index contributed by atoms with van der Waals surface area (Å²) in [5.41, 5.74) is 1.44. The number of nitrogens with zero attached hydrogens (tertiary/aromatic N) is 4. The van der Waals surface area contributed by atoms with Gasteiger partial charge in [-0.05, 0) is 36.4 Å². The summed E-state index contributed by atoms with van der Waals surface area (Å²) in [6.45, 7) is 0.